The van der Waals surface area contributed by atoms with Gasteiger partial charge in [0.05, 0.1) is 12.2 Å². The first-order valence-corrected chi connectivity index (χ1v) is 5.04. The van der Waals surface area contributed by atoms with Crippen LogP contribution in [-0.4, -0.2) is 22.4 Å². The second-order valence-electron chi connectivity index (χ2n) is 4.64. The van der Waals surface area contributed by atoms with Crippen molar-refractivity contribution in [3.05, 3.63) is 0 Å². The van der Waals surface area contributed by atoms with Crippen molar-refractivity contribution >= 4 is 0 Å². The fourth-order valence-electron chi connectivity index (χ4n) is 2.98. The molecular formula is C10H18O2. The molecule has 70 valence electrons. The Morgan fingerprint density at radius 1 is 1.08 bits per heavy atom. The molecule has 0 aliphatic heterocycles. The fourth-order valence-corrected chi connectivity index (χ4v) is 2.98. The molecule has 0 aromatic carbocycles. The Morgan fingerprint density at radius 3 is 2.58 bits per heavy atom. The van der Waals surface area contributed by atoms with Gasteiger partial charge in [0, 0.05) is 5.92 Å². The Kier molecular flexibility index (Phi) is 2.13. The van der Waals surface area contributed by atoms with E-state index in [4.69, 9.17) is 0 Å². The van der Waals surface area contributed by atoms with Gasteiger partial charge < -0.3 is 10.2 Å². The van der Waals surface area contributed by atoms with E-state index in [0.717, 1.165) is 25.7 Å². The molecule has 12 heavy (non-hydrogen) atoms. The maximum Gasteiger partial charge on any atom is 0.0621 e. The molecule has 2 nitrogen and oxygen atoms in total. The van der Waals surface area contributed by atoms with E-state index in [1.54, 1.807) is 0 Å². The van der Waals surface area contributed by atoms with Crippen molar-refractivity contribution in [2.75, 3.05) is 0 Å². The standard InChI is InChI=1S/C10H18O2/c1-6-4-7-2-3-9(11)8(5-6)10(7)12/h6-12H,2-5H2,1H3/t6-,7-,8-,9+,10+/m1/s1. The van der Waals surface area contributed by atoms with E-state index in [0.29, 0.717) is 11.8 Å². The third-order valence-electron chi connectivity index (χ3n) is 3.63. The molecule has 0 aromatic rings. The molecule has 0 unspecified atom stereocenters. The van der Waals surface area contributed by atoms with E-state index >= 15 is 0 Å². The van der Waals surface area contributed by atoms with Crippen LogP contribution in [-0.2, 0) is 0 Å². The minimum Gasteiger partial charge on any atom is -0.393 e. The van der Waals surface area contributed by atoms with Crippen LogP contribution < -0.4 is 0 Å². The first-order valence-electron chi connectivity index (χ1n) is 5.04. The first kappa shape index (κ1) is 8.52. The Bertz CT molecular complexity index is 169. The molecule has 0 radical (unpaired) electrons. The summed E-state index contributed by atoms with van der Waals surface area (Å²) in [5.41, 5.74) is 0. The molecule has 5 atom stereocenters. The summed E-state index contributed by atoms with van der Waals surface area (Å²) in [5.74, 6) is 1.34. The van der Waals surface area contributed by atoms with Gasteiger partial charge in [0.2, 0.25) is 0 Å². The van der Waals surface area contributed by atoms with Crippen LogP contribution in [0.15, 0.2) is 0 Å². The monoisotopic (exact) mass is 170 g/mol. The number of fused-ring (bicyclic) bond motifs is 2. The van der Waals surface area contributed by atoms with E-state index < -0.39 is 0 Å². The SMILES string of the molecule is C[C@@H]1C[C@H]2CC[C@H](O)[C@@H](C1)[C@H]2O. The fraction of sp³-hybridized carbons (Fsp3) is 1.00. The van der Waals surface area contributed by atoms with Gasteiger partial charge in [0.1, 0.15) is 0 Å². The van der Waals surface area contributed by atoms with Crippen LogP contribution in [0.5, 0.6) is 0 Å². The van der Waals surface area contributed by atoms with Crippen molar-refractivity contribution in [3.63, 3.8) is 0 Å². The maximum absolute atomic E-state index is 9.82. The van der Waals surface area contributed by atoms with E-state index in [-0.39, 0.29) is 18.1 Å². The van der Waals surface area contributed by atoms with Gasteiger partial charge in [0.25, 0.3) is 0 Å². The number of hydrogen-bond donors (Lipinski definition) is 2. The Morgan fingerprint density at radius 2 is 1.83 bits per heavy atom. The van der Waals surface area contributed by atoms with E-state index in [2.05, 4.69) is 6.92 Å². The van der Waals surface area contributed by atoms with Crippen molar-refractivity contribution < 1.29 is 10.2 Å². The smallest absolute Gasteiger partial charge is 0.0621 e. The van der Waals surface area contributed by atoms with Gasteiger partial charge in [0.15, 0.2) is 0 Å². The van der Waals surface area contributed by atoms with Gasteiger partial charge in [-0.2, -0.15) is 0 Å². The highest BCUT2D eigenvalue weighted by molar-refractivity contribution is 4.92. The first-order chi connectivity index (χ1) is 5.68. The van der Waals surface area contributed by atoms with Crippen molar-refractivity contribution in [2.24, 2.45) is 17.8 Å². The third-order valence-corrected chi connectivity index (χ3v) is 3.63. The van der Waals surface area contributed by atoms with Gasteiger partial charge in [-0.25, -0.2) is 0 Å². The van der Waals surface area contributed by atoms with E-state index in [1.807, 2.05) is 0 Å². The summed E-state index contributed by atoms with van der Waals surface area (Å²) >= 11 is 0. The third kappa shape index (κ3) is 1.27. The maximum atomic E-state index is 9.82. The zero-order chi connectivity index (χ0) is 8.72. The van der Waals surface area contributed by atoms with Crippen LogP contribution in [0, 0.1) is 17.8 Å². The van der Waals surface area contributed by atoms with Crippen LogP contribution >= 0.6 is 0 Å². The molecule has 2 aliphatic rings. The van der Waals surface area contributed by atoms with Crippen LogP contribution in [0.3, 0.4) is 0 Å². The van der Waals surface area contributed by atoms with Crippen LogP contribution in [0.4, 0.5) is 0 Å². The lowest BCUT2D eigenvalue weighted by molar-refractivity contribution is -0.0935. The van der Waals surface area contributed by atoms with Crippen LogP contribution in [0.25, 0.3) is 0 Å². The molecule has 0 saturated heterocycles. The zero-order valence-corrected chi connectivity index (χ0v) is 7.61. The lowest BCUT2D eigenvalue weighted by Gasteiger charge is -2.44. The molecule has 0 spiro atoms. The summed E-state index contributed by atoms with van der Waals surface area (Å²) in [7, 11) is 0. The number of aliphatic hydroxyl groups excluding tert-OH is 2. The van der Waals surface area contributed by atoms with Crippen molar-refractivity contribution in [1.29, 1.82) is 0 Å². The molecule has 2 saturated carbocycles. The van der Waals surface area contributed by atoms with Gasteiger partial charge in [-0.05, 0) is 37.5 Å². The highest BCUT2D eigenvalue weighted by atomic mass is 16.3. The molecular weight excluding hydrogens is 152 g/mol. The average Bonchev–Trinajstić information content (AvgIpc) is 2.01. The highest BCUT2D eigenvalue weighted by Gasteiger charge is 2.42. The molecule has 0 aromatic heterocycles. The highest BCUT2D eigenvalue weighted by Crippen LogP contribution is 2.42. The van der Waals surface area contributed by atoms with E-state index in [1.165, 1.54) is 0 Å². The molecule has 2 aliphatic carbocycles. The Labute approximate surface area is 73.6 Å². The predicted molar refractivity (Wildman–Crippen MR) is 46.6 cm³/mol. The lowest BCUT2D eigenvalue weighted by Crippen LogP contribution is -2.46. The molecule has 2 bridgehead atoms. The van der Waals surface area contributed by atoms with Gasteiger partial charge in [-0.3, -0.25) is 0 Å². The normalized spacial score (nSPS) is 53.8. The average molecular weight is 170 g/mol. The van der Waals surface area contributed by atoms with Crippen molar-refractivity contribution in [2.45, 2.75) is 44.8 Å². The Balaban J connectivity index is 2.11. The summed E-state index contributed by atoms with van der Waals surface area (Å²) in [5, 5.41) is 19.5. The number of hydrogen-bond acceptors (Lipinski definition) is 2. The molecule has 2 heteroatoms. The minimum absolute atomic E-state index is 0.174. The number of rotatable bonds is 0. The van der Waals surface area contributed by atoms with Gasteiger partial charge in [-0.1, -0.05) is 6.92 Å². The van der Waals surface area contributed by atoms with Gasteiger partial charge >= 0.3 is 0 Å². The zero-order valence-electron chi connectivity index (χ0n) is 7.61. The topological polar surface area (TPSA) is 40.5 Å². The molecule has 0 amide bonds. The lowest BCUT2D eigenvalue weighted by atomic mass is 9.65. The number of aliphatic hydroxyl groups is 2. The second-order valence-corrected chi connectivity index (χ2v) is 4.64. The summed E-state index contributed by atoms with van der Waals surface area (Å²) in [6, 6.07) is 0. The summed E-state index contributed by atoms with van der Waals surface area (Å²) in [6.07, 6.45) is 3.63. The van der Waals surface area contributed by atoms with E-state index in [9.17, 15) is 10.2 Å². The largest absolute Gasteiger partial charge is 0.393 e. The summed E-state index contributed by atoms with van der Waals surface area (Å²) < 4.78 is 0. The molecule has 0 heterocycles. The van der Waals surface area contributed by atoms with Gasteiger partial charge in [-0.15, -0.1) is 0 Å². The Hall–Kier alpha value is -0.0800. The predicted octanol–water partition coefficient (Wildman–Crippen LogP) is 1.16. The molecule has 2 fully saturated rings. The summed E-state index contributed by atoms with van der Waals surface area (Å²) in [4.78, 5) is 0. The minimum atomic E-state index is -0.237. The van der Waals surface area contributed by atoms with Crippen LogP contribution in [0.2, 0.25) is 0 Å². The molecule has 2 N–H and O–H groups in total. The second kappa shape index (κ2) is 3.00. The quantitative estimate of drug-likeness (QED) is 0.573. The van der Waals surface area contributed by atoms with Crippen molar-refractivity contribution in [3.8, 4) is 0 Å². The molecule has 2 rings (SSSR count). The summed E-state index contributed by atoms with van der Waals surface area (Å²) in [6.45, 7) is 2.23. The van der Waals surface area contributed by atoms with Crippen molar-refractivity contribution in [1.82, 2.24) is 0 Å². The van der Waals surface area contributed by atoms with Crippen LogP contribution in [0.1, 0.15) is 32.6 Å².